The van der Waals surface area contributed by atoms with Crippen molar-refractivity contribution in [3.05, 3.63) is 38.9 Å². The van der Waals surface area contributed by atoms with Crippen LogP contribution in [-0.2, 0) is 4.74 Å². The van der Waals surface area contributed by atoms with Crippen LogP contribution in [0.25, 0.3) is 4.98 Å². The molecule has 7 nitrogen and oxygen atoms in total. The van der Waals surface area contributed by atoms with Crippen LogP contribution in [0.5, 0.6) is 0 Å². The summed E-state index contributed by atoms with van der Waals surface area (Å²) in [7, 11) is 0. The van der Waals surface area contributed by atoms with E-state index in [9.17, 15) is 14.9 Å². The third kappa shape index (κ3) is 3.39. The first-order valence-electron chi connectivity index (χ1n) is 4.40. The van der Waals surface area contributed by atoms with E-state index in [1.54, 1.807) is 6.92 Å². The Morgan fingerprint density at radius 1 is 1.59 bits per heavy atom. The first-order chi connectivity index (χ1) is 7.60. The lowest BCUT2D eigenvalue weighted by atomic mass is 10.2. The zero-order valence-corrected chi connectivity index (χ0v) is 9.55. The average Bonchev–Trinajstić information content (AvgIpc) is 2.28. The van der Waals surface area contributed by atoms with Crippen molar-refractivity contribution < 1.29 is 26.9 Å². The van der Waals surface area contributed by atoms with Gasteiger partial charge >= 0.3 is 17.3 Å². The van der Waals surface area contributed by atoms with Crippen LogP contribution in [0.3, 0.4) is 0 Å². The van der Waals surface area contributed by atoms with Crippen molar-refractivity contribution in [2.24, 2.45) is 0 Å². The number of esters is 1. The highest BCUT2D eigenvalue weighted by atomic mass is 35.5. The molecule has 0 aliphatic heterocycles. The Labute approximate surface area is 103 Å². The van der Waals surface area contributed by atoms with Gasteiger partial charge in [-0.2, -0.15) is 0 Å². The summed E-state index contributed by atoms with van der Waals surface area (Å²) in [6, 6.07) is 3.47. The molecule has 1 aromatic carbocycles. The zero-order chi connectivity index (χ0) is 12.1. The molecule has 0 aliphatic rings. The van der Waals surface area contributed by atoms with Gasteiger partial charge in [-0.3, -0.25) is 10.1 Å². The van der Waals surface area contributed by atoms with Gasteiger partial charge in [0.15, 0.2) is 4.98 Å². The van der Waals surface area contributed by atoms with Gasteiger partial charge < -0.3 is 17.1 Å². The molecule has 0 unspecified atom stereocenters. The van der Waals surface area contributed by atoms with Gasteiger partial charge in [0.25, 0.3) is 0 Å². The molecule has 0 aromatic heterocycles. The molecule has 1 aromatic rings. The van der Waals surface area contributed by atoms with Gasteiger partial charge in [0.1, 0.15) is 0 Å². The van der Waals surface area contributed by atoms with Crippen LogP contribution in [-0.4, -0.2) is 17.5 Å². The summed E-state index contributed by atoms with van der Waals surface area (Å²) >= 11 is 0. The molecule has 17 heavy (non-hydrogen) atoms. The van der Waals surface area contributed by atoms with E-state index in [4.69, 9.17) is 5.39 Å². The van der Waals surface area contributed by atoms with E-state index in [0.29, 0.717) is 0 Å². The number of hydrogen-bond acceptors (Lipinski definition) is 5. The SMILES string of the molecule is CCOC(=O)c1ccc([N+]#N)c([N+](=O)[O-])c1.[Cl-]. The van der Waals surface area contributed by atoms with E-state index in [0.717, 1.165) is 6.07 Å². The summed E-state index contributed by atoms with van der Waals surface area (Å²) in [6.07, 6.45) is 0. The molecule has 1 rings (SSSR count). The van der Waals surface area contributed by atoms with Gasteiger partial charge in [-0.1, -0.05) is 0 Å². The zero-order valence-electron chi connectivity index (χ0n) is 8.79. The molecular formula is C9H8ClN3O4. The second-order valence-corrected chi connectivity index (χ2v) is 2.78. The number of rotatable bonds is 3. The molecule has 0 bridgehead atoms. The topological polar surface area (TPSA) is 97.6 Å². The Morgan fingerprint density at radius 2 is 2.24 bits per heavy atom. The monoisotopic (exact) mass is 257 g/mol. The van der Waals surface area contributed by atoms with Gasteiger partial charge in [-0.15, -0.1) is 0 Å². The predicted octanol–water partition coefficient (Wildman–Crippen LogP) is -0.740. The molecular weight excluding hydrogens is 250 g/mol. The van der Waals surface area contributed by atoms with Crippen LogP contribution in [0.2, 0.25) is 0 Å². The van der Waals surface area contributed by atoms with E-state index in [1.807, 2.05) is 0 Å². The highest BCUT2D eigenvalue weighted by Gasteiger charge is 2.26. The first kappa shape index (κ1) is 14.8. The van der Waals surface area contributed by atoms with Crippen LogP contribution in [0.1, 0.15) is 17.3 Å². The Balaban J connectivity index is 0.00000256. The second-order valence-electron chi connectivity index (χ2n) is 2.78. The molecule has 0 spiro atoms. The Kier molecular flexibility index (Phi) is 5.57. The summed E-state index contributed by atoms with van der Waals surface area (Å²) in [4.78, 5) is 23.9. The molecule has 0 saturated carbocycles. The minimum absolute atomic E-state index is 0. The Morgan fingerprint density at radius 3 is 2.71 bits per heavy atom. The molecule has 0 aliphatic carbocycles. The van der Waals surface area contributed by atoms with E-state index in [2.05, 4.69) is 9.71 Å². The molecule has 0 amide bonds. The lowest BCUT2D eigenvalue weighted by Crippen LogP contribution is -3.00. The summed E-state index contributed by atoms with van der Waals surface area (Å²) in [5.74, 6) is -0.657. The van der Waals surface area contributed by atoms with Gasteiger partial charge in [-0.05, 0) is 13.0 Å². The third-order valence-corrected chi connectivity index (χ3v) is 1.79. The lowest BCUT2D eigenvalue weighted by Gasteiger charge is -1.99. The van der Waals surface area contributed by atoms with Crippen molar-refractivity contribution >= 4 is 17.3 Å². The summed E-state index contributed by atoms with van der Waals surface area (Å²) in [5.41, 5.74) is -0.618. The quantitative estimate of drug-likeness (QED) is 0.307. The standard InChI is InChI=1S/C9H8N3O4.ClH/c1-2-16-9(13)6-3-4-7(11-10)8(5-6)12(14)15;/h3-5H,2H2,1H3;1H/q+1;/p-1. The van der Waals surface area contributed by atoms with E-state index >= 15 is 0 Å². The minimum atomic E-state index is -0.738. The molecule has 0 heterocycles. The summed E-state index contributed by atoms with van der Waals surface area (Å²) in [6.45, 7) is 1.81. The minimum Gasteiger partial charge on any atom is -1.00 e. The Bertz CT molecular complexity index is 484. The smallest absolute Gasteiger partial charge is 0.461 e. The second kappa shape index (κ2) is 6.40. The number of benzene rings is 1. The van der Waals surface area contributed by atoms with Gasteiger partial charge in [0.2, 0.25) is 5.39 Å². The van der Waals surface area contributed by atoms with Crippen LogP contribution in [0.4, 0.5) is 11.4 Å². The van der Waals surface area contributed by atoms with Crippen LogP contribution < -0.4 is 12.4 Å². The van der Waals surface area contributed by atoms with Crippen LogP contribution in [0, 0.1) is 15.5 Å². The maximum absolute atomic E-state index is 11.3. The molecule has 8 heteroatoms. The number of nitro benzene ring substituents is 1. The van der Waals surface area contributed by atoms with Gasteiger partial charge in [-0.25, -0.2) is 4.79 Å². The number of halogens is 1. The number of nitro groups is 1. The maximum atomic E-state index is 11.3. The van der Waals surface area contributed by atoms with Crippen molar-refractivity contribution in [1.82, 2.24) is 0 Å². The fourth-order valence-corrected chi connectivity index (χ4v) is 1.10. The number of ether oxygens (including phenoxy) is 1. The number of carbonyl (C=O) groups is 1. The fourth-order valence-electron chi connectivity index (χ4n) is 1.10. The first-order valence-corrected chi connectivity index (χ1v) is 4.40. The van der Waals surface area contributed by atoms with E-state index in [1.165, 1.54) is 12.1 Å². The normalized spacial score (nSPS) is 8.71. The highest BCUT2D eigenvalue weighted by Crippen LogP contribution is 2.28. The van der Waals surface area contributed by atoms with Crippen molar-refractivity contribution in [1.29, 1.82) is 5.39 Å². The molecule has 90 valence electrons. The van der Waals surface area contributed by atoms with Crippen LogP contribution in [0.15, 0.2) is 18.2 Å². The molecule has 0 fully saturated rings. The molecule has 0 atom stereocenters. The number of carbonyl (C=O) groups excluding carboxylic acids is 1. The maximum Gasteiger partial charge on any atom is 0.461 e. The summed E-state index contributed by atoms with van der Waals surface area (Å²) in [5, 5.41) is 19.1. The van der Waals surface area contributed by atoms with Crippen molar-refractivity contribution in [3.63, 3.8) is 0 Å². The van der Waals surface area contributed by atoms with Gasteiger partial charge in [0.05, 0.1) is 17.1 Å². The van der Waals surface area contributed by atoms with Crippen molar-refractivity contribution in [3.8, 4) is 0 Å². The molecule has 0 radical (unpaired) electrons. The van der Waals surface area contributed by atoms with Gasteiger partial charge in [0, 0.05) is 12.1 Å². The number of diazo groups is 1. The van der Waals surface area contributed by atoms with E-state index in [-0.39, 0.29) is 30.3 Å². The van der Waals surface area contributed by atoms with E-state index < -0.39 is 16.6 Å². The largest absolute Gasteiger partial charge is 1.00 e. The Hall–Kier alpha value is -2.20. The lowest BCUT2D eigenvalue weighted by molar-refractivity contribution is -0.383. The average molecular weight is 258 g/mol. The third-order valence-electron chi connectivity index (χ3n) is 1.79. The fraction of sp³-hybridized carbons (Fsp3) is 0.222. The van der Waals surface area contributed by atoms with Crippen molar-refractivity contribution in [2.75, 3.05) is 6.61 Å². The molecule has 0 saturated heterocycles. The summed E-state index contributed by atoms with van der Waals surface area (Å²) < 4.78 is 4.68. The number of hydrogen-bond donors (Lipinski definition) is 0. The number of nitrogens with zero attached hydrogens (tertiary/aromatic N) is 3. The van der Waals surface area contributed by atoms with Crippen molar-refractivity contribution in [2.45, 2.75) is 6.92 Å². The van der Waals surface area contributed by atoms with Crippen LogP contribution >= 0.6 is 0 Å². The predicted molar refractivity (Wildman–Crippen MR) is 53.8 cm³/mol. The highest BCUT2D eigenvalue weighted by molar-refractivity contribution is 5.91. The molecule has 0 N–H and O–H groups in total.